The van der Waals surface area contributed by atoms with Crippen molar-refractivity contribution in [3.05, 3.63) is 59.7 Å². The molecule has 0 radical (unpaired) electrons. The number of aryl methyl sites for hydroxylation is 1. The lowest BCUT2D eigenvalue weighted by molar-refractivity contribution is -0.137. The van der Waals surface area contributed by atoms with E-state index in [1.807, 2.05) is 12.1 Å². The molecule has 25 heavy (non-hydrogen) atoms. The lowest BCUT2D eigenvalue weighted by Gasteiger charge is -2.26. The van der Waals surface area contributed by atoms with Crippen LogP contribution in [-0.4, -0.2) is 0 Å². The number of hydrogen-bond acceptors (Lipinski definition) is 0. The molecule has 1 aliphatic rings. The van der Waals surface area contributed by atoms with E-state index >= 15 is 0 Å². The van der Waals surface area contributed by atoms with Crippen molar-refractivity contribution in [2.24, 2.45) is 11.8 Å². The highest BCUT2D eigenvalue weighted by Gasteiger charge is 2.29. The lowest BCUT2D eigenvalue weighted by atomic mass is 9.80. The molecule has 3 heteroatoms. The Morgan fingerprint density at radius 2 is 1.32 bits per heavy atom. The maximum Gasteiger partial charge on any atom is 0.416 e. The Morgan fingerprint density at radius 1 is 0.800 bits per heavy atom. The van der Waals surface area contributed by atoms with Crippen LogP contribution >= 0.6 is 0 Å². The molecule has 0 aromatic heterocycles. The summed E-state index contributed by atoms with van der Waals surface area (Å²) in [6.45, 7) is 2.34. The van der Waals surface area contributed by atoms with E-state index in [0.717, 1.165) is 41.5 Å². The third kappa shape index (κ3) is 4.87. The van der Waals surface area contributed by atoms with Gasteiger partial charge in [0.25, 0.3) is 0 Å². The maximum absolute atomic E-state index is 12.6. The van der Waals surface area contributed by atoms with Crippen LogP contribution in [-0.2, 0) is 12.6 Å². The van der Waals surface area contributed by atoms with Crippen LogP contribution < -0.4 is 0 Å². The van der Waals surface area contributed by atoms with Crippen LogP contribution in [0.5, 0.6) is 0 Å². The van der Waals surface area contributed by atoms with E-state index in [9.17, 15) is 13.2 Å². The summed E-state index contributed by atoms with van der Waals surface area (Å²) < 4.78 is 37.9. The molecule has 0 saturated heterocycles. The molecule has 2 aromatic rings. The smallest absolute Gasteiger partial charge is 0.166 e. The zero-order valence-electron chi connectivity index (χ0n) is 14.7. The van der Waals surface area contributed by atoms with Crippen molar-refractivity contribution in [2.45, 2.75) is 51.6 Å². The summed E-state index contributed by atoms with van der Waals surface area (Å²) in [5, 5.41) is 0. The first-order valence-electron chi connectivity index (χ1n) is 9.18. The minimum absolute atomic E-state index is 0.602. The number of benzene rings is 2. The van der Waals surface area contributed by atoms with Gasteiger partial charge in [0.1, 0.15) is 0 Å². The molecule has 0 aliphatic heterocycles. The third-order valence-corrected chi connectivity index (χ3v) is 5.48. The molecule has 0 heterocycles. The van der Waals surface area contributed by atoms with Gasteiger partial charge in [-0.05, 0) is 53.5 Å². The summed E-state index contributed by atoms with van der Waals surface area (Å²) in [5.74, 6) is 1.74. The predicted molar refractivity (Wildman–Crippen MR) is 96.3 cm³/mol. The molecule has 0 amide bonds. The van der Waals surface area contributed by atoms with E-state index in [1.165, 1.54) is 37.7 Å². The van der Waals surface area contributed by atoms with Crippen molar-refractivity contribution in [3.63, 3.8) is 0 Å². The Balaban J connectivity index is 1.58. The lowest BCUT2D eigenvalue weighted by Crippen LogP contribution is -2.12. The van der Waals surface area contributed by atoms with Gasteiger partial charge in [-0.3, -0.25) is 0 Å². The number of halogens is 3. The first-order valence-corrected chi connectivity index (χ1v) is 9.18. The highest BCUT2D eigenvalue weighted by Crippen LogP contribution is 2.32. The second-order valence-electron chi connectivity index (χ2n) is 7.44. The third-order valence-electron chi connectivity index (χ3n) is 5.48. The largest absolute Gasteiger partial charge is 0.416 e. The van der Waals surface area contributed by atoms with Crippen molar-refractivity contribution < 1.29 is 13.2 Å². The summed E-state index contributed by atoms with van der Waals surface area (Å²) in [5.41, 5.74) is 2.49. The molecule has 1 saturated carbocycles. The van der Waals surface area contributed by atoms with Gasteiger partial charge in [-0.25, -0.2) is 0 Å². The molecule has 2 aromatic carbocycles. The summed E-state index contributed by atoms with van der Waals surface area (Å²) in [6.07, 6.45) is 3.47. The summed E-state index contributed by atoms with van der Waals surface area (Å²) in [7, 11) is 0. The Labute approximate surface area is 148 Å². The number of alkyl halides is 3. The molecule has 0 N–H and O–H groups in total. The van der Waals surface area contributed by atoms with Crippen LogP contribution in [0.1, 0.15) is 50.2 Å². The van der Waals surface area contributed by atoms with Crippen LogP contribution in [0, 0.1) is 11.8 Å². The monoisotopic (exact) mass is 346 g/mol. The van der Waals surface area contributed by atoms with Gasteiger partial charge in [-0.1, -0.05) is 69.0 Å². The van der Waals surface area contributed by atoms with Gasteiger partial charge in [0.05, 0.1) is 5.56 Å². The summed E-state index contributed by atoms with van der Waals surface area (Å²) in [6, 6.07) is 13.6. The molecule has 0 spiro atoms. The number of rotatable bonds is 4. The quantitative estimate of drug-likeness (QED) is 0.552. The Bertz CT molecular complexity index is 660. The molecule has 3 rings (SSSR count). The van der Waals surface area contributed by atoms with Crippen LogP contribution in [0.2, 0.25) is 0 Å². The van der Waals surface area contributed by atoms with Gasteiger partial charge >= 0.3 is 6.18 Å². The Hall–Kier alpha value is -1.77. The molecular weight excluding hydrogens is 321 g/mol. The predicted octanol–water partition coefficient (Wildman–Crippen LogP) is 7.13. The molecule has 0 atom stereocenters. The van der Waals surface area contributed by atoms with E-state index < -0.39 is 11.7 Å². The average molecular weight is 346 g/mol. The van der Waals surface area contributed by atoms with E-state index in [2.05, 4.69) is 19.1 Å². The highest BCUT2D eigenvalue weighted by molar-refractivity contribution is 5.64. The molecule has 0 bridgehead atoms. The molecule has 1 fully saturated rings. The molecule has 134 valence electrons. The summed E-state index contributed by atoms with van der Waals surface area (Å²) in [4.78, 5) is 0. The molecule has 0 nitrogen and oxygen atoms in total. The average Bonchev–Trinajstić information content (AvgIpc) is 2.61. The fourth-order valence-electron chi connectivity index (χ4n) is 3.70. The summed E-state index contributed by atoms with van der Waals surface area (Å²) >= 11 is 0. The van der Waals surface area contributed by atoms with Gasteiger partial charge < -0.3 is 0 Å². The van der Waals surface area contributed by atoms with Gasteiger partial charge in [0.15, 0.2) is 0 Å². The standard InChI is InChI=1S/C22H25F3/c1-16-2-4-17(5-3-16)6-7-18-8-10-19(11-9-18)20-12-14-21(15-13-20)22(23,24)25/h8-17H,2-7H2,1H3. The second-order valence-corrected chi connectivity index (χ2v) is 7.44. The fraction of sp³-hybridized carbons (Fsp3) is 0.455. The van der Waals surface area contributed by atoms with Crippen molar-refractivity contribution in [3.8, 4) is 11.1 Å². The van der Waals surface area contributed by atoms with Crippen LogP contribution in [0.3, 0.4) is 0 Å². The van der Waals surface area contributed by atoms with Crippen LogP contribution in [0.25, 0.3) is 11.1 Å². The van der Waals surface area contributed by atoms with E-state index in [-0.39, 0.29) is 0 Å². The SMILES string of the molecule is CC1CCC(CCc2ccc(-c3ccc(C(F)(F)F)cc3)cc2)CC1. The normalized spacial score (nSPS) is 21.3. The highest BCUT2D eigenvalue weighted by atomic mass is 19.4. The second kappa shape index (κ2) is 7.63. The Morgan fingerprint density at radius 3 is 1.84 bits per heavy atom. The number of hydrogen-bond donors (Lipinski definition) is 0. The maximum atomic E-state index is 12.6. The van der Waals surface area contributed by atoms with Crippen molar-refractivity contribution in [1.82, 2.24) is 0 Å². The zero-order valence-corrected chi connectivity index (χ0v) is 14.7. The van der Waals surface area contributed by atoms with Gasteiger partial charge in [-0.15, -0.1) is 0 Å². The van der Waals surface area contributed by atoms with E-state index in [0.29, 0.717) is 0 Å². The first kappa shape index (κ1) is 18.0. The Kier molecular flexibility index (Phi) is 5.51. The van der Waals surface area contributed by atoms with E-state index in [4.69, 9.17) is 0 Å². The van der Waals surface area contributed by atoms with Crippen molar-refractivity contribution >= 4 is 0 Å². The topological polar surface area (TPSA) is 0 Å². The first-order chi connectivity index (χ1) is 11.9. The molecule has 1 aliphatic carbocycles. The van der Waals surface area contributed by atoms with Gasteiger partial charge in [-0.2, -0.15) is 13.2 Å². The minimum Gasteiger partial charge on any atom is -0.166 e. The van der Waals surface area contributed by atoms with Gasteiger partial charge in [0.2, 0.25) is 0 Å². The molecule has 0 unspecified atom stereocenters. The zero-order chi connectivity index (χ0) is 17.9. The fourth-order valence-corrected chi connectivity index (χ4v) is 3.70. The van der Waals surface area contributed by atoms with Crippen molar-refractivity contribution in [2.75, 3.05) is 0 Å². The van der Waals surface area contributed by atoms with E-state index in [1.54, 1.807) is 12.1 Å². The van der Waals surface area contributed by atoms with Crippen LogP contribution in [0.15, 0.2) is 48.5 Å². The minimum atomic E-state index is -4.28. The van der Waals surface area contributed by atoms with Gasteiger partial charge in [0, 0.05) is 0 Å². The molecular formula is C22H25F3. The van der Waals surface area contributed by atoms with Crippen LogP contribution in [0.4, 0.5) is 13.2 Å². The van der Waals surface area contributed by atoms with Crippen molar-refractivity contribution in [1.29, 1.82) is 0 Å².